The quantitative estimate of drug-likeness (QED) is 0.801. The first-order chi connectivity index (χ1) is 7.79. The summed E-state index contributed by atoms with van der Waals surface area (Å²) in [5, 5.41) is 0. The lowest BCUT2D eigenvalue weighted by Gasteiger charge is -2.09. The van der Waals surface area contributed by atoms with E-state index in [1.807, 2.05) is 12.1 Å². The number of pyridine rings is 1. The maximum atomic E-state index is 5.89. The maximum Gasteiger partial charge on any atom is 0.137 e. The van der Waals surface area contributed by atoms with Gasteiger partial charge in [-0.05, 0) is 30.9 Å². The van der Waals surface area contributed by atoms with Crippen LogP contribution in [-0.4, -0.2) is 11.6 Å². The molecule has 0 amide bonds. The lowest BCUT2D eigenvalue weighted by molar-refractivity contribution is 0.301. The SMILES string of the molecule is CCC(N)c1ccc(OCCC2CC2)cn1. The molecular formula is C13H20N2O. The van der Waals surface area contributed by atoms with E-state index in [0.29, 0.717) is 0 Å². The van der Waals surface area contributed by atoms with Crippen molar-refractivity contribution in [3.8, 4) is 5.75 Å². The van der Waals surface area contributed by atoms with Gasteiger partial charge in [0.15, 0.2) is 0 Å². The van der Waals surface area contributed by atoms with Gasteiger partial charge in [-0.2, -0.15) is 0 Å². The van der Waals surface area contributed by atoms with Gasteiger partial charge < -0.3 is 10.5 Å². The van der Waals surface area contributed by atoms with Crippen molar-refractivity contribution in [2.75, 3.05) is 6.61 Å². The largest absolute Gasteiger partial charge is 0.492 e. The number of aromatic nitrogens is 1. The Kier molecular flexibility index (Phi) is 3.78. The van der Waals surface area contributed by atoms with E-state index in [9.17, 15) is 0 Å². The number of nitrogens with zero attached hydrogens (tertiary/aromatic N) is 1. The molecule has 1 aromatic rings. The standard InChI is InChI=1S/C13H20N2O/c1-2-12(14)13-6-5-11(9-15-13)16-8-7-10-3-4-10/h5-6,9-10,12H,2-4,7-8,14H2,1H3. The summed E-state index contributed by atoms with van der Waals surface area (Å²) in [6, 6.07) is 3.96. The molecule has 0 bridgehead atoms. The molecule has 16 heavy (non-hydrogen) atoms. The molecule has 88 valence electrons. The highest BCUT2D eigenvalue weighted by atomic mass is 16.5. The summed E-state index contributed by atoms with van der Waals surface area (Å²) >= 11 is 0. The van der Waals surface area contributed by atoms with Gasteiger partial charge in [-0.1, -0.05) is 19.8 Å². The number of nitrogens with two attached hydrogens (primary N) is 1. The molecule has 1 fully saturated rings. The van der Waals surface area contributed by atoms with Gasteiger partial charge in [0, 0.05) is 6.04 Å². The third kappa shape index (κ3) is 3.20. The second kappa shape index (κ2) is 5.30. The van der Waals surface area contributed by atoms with E-state index in [0.717, 1.165) is 30.4 Å². The van der Waals surface area contributed by atoms with Crippen LogP contribution >= 0.6 is 0 Å². The molecule has 1 unspecified atom stereocenters. The Bertz CT molecular complexity index is 319. The van der Waals surface area contributed by atoms with Gasteiger partial charge in [0.2, 0.25) is 0 Å². The first-order valence-electron chi connectivity index (χ1n) is 6.14. The molecule has 0 aliphatic heterocycles. The van der Waals surface area contributed by atoms with E-state index in [4.69, 9.17) is 10.5 Å². The highest BCUT2D eigenvalue weighted by molar-refractivity contribution is 5.21. The molecule has 0 saturated heterocycles. The lowest BCUT2D eigenvalue weighted by atomic mass is 10.1. The Morgan fingerprint density at radius 1 is 1.50 bits per heavy atom. The van der Waals surface area contributed by atoms with Crippen LogP contribution in [0.25, 0.3) is 0 Å². The van der Waals surface area contributed by atoms with Crippen LogP contribution in [0.3, 0.4) is 0 Å². The second-order valence-electron chi connectivity index (χ2n) is 4.51. The van der Waals surface area contributed by atoms with Gasteiger partial charge in [0.1, 0.15) is 5.75 Å². The summed E-state index contributed by atoms with van der Waals surface area (Å²) in [4.78, 5) is 4.31. The summed E-state index contributed by atoms with van der Waals surface area (Å²) in [7, 11) is 0. The van der Waals surface area contributed by atoms with E-state index >= 15 is 0 Å². The average Bonchev–Trinajstić information content (AvgIpc) is 3.13. The molecule has 1 aliphatic carbocycles. The Balaban J connectivity index is 1.80. The zero-order valence-corrected chi connectivity index (χ0v) is 9.86. The smallest absolute Gasteiger partial charge is 0.137 e. The van der Waals surface area contributed by atoms with Gasteiger partial charge in [0.25, 0.3) is 0 Å². The van der Waals surface area contributed by atoms with Crippen LogP contribution in [0.5, 0.6) is 5.75 Å². The van der Waals surface area contributed by atoms with E-state index in [1.165, 1.54) is 19.3 Å². The fourth-order valence-electron chi connectivity index (χ4n) is 1.66. The molecule has 3 nitrogen and oxygen atoms in total. The van der Waals surface area contributed by atoms with Crippen LogP contribution < -0.4 is 10.5 Å². The fourth-order valence-corrected chi connectivity index (χ4v) is 1.66. The molecule has 2 N–H and O–H groups in total. The maximum absolute atomic E-state index is 5.89. The minimum Gasteiger partial charge on any atom is -0.492 e. The first kappa shape index (κ1) is 11.4. The van der Waals surface area contributed by atoms with Crippen LogP contribution in [0.2, 0.25) is 0 Å². The Labute approximate surface area is 97.0 Å². The van der Waals surface area contributed by atoms with Crippen molar-refractivity contribution >= 4 is 0 Å². The molecule has 1 heterocycles. The number of hydrogen-bond donors (Lipinski definition) is 1. The molecule has 2 rings (SSSR count). The topological polar surface area (TPSA) is 48.1 Å². The van der Waals surface area contributed by atoms with E-state index in [2.05, 4.69) is 11.9 Å². The van der Waals surface area contributed by atoms with Gasteiger partial charge in [-0.15, -0.1) is 0 Å². The predicted molar refractivity (Wildman–Crippen MR) is 64.3 cm³/mol. The fraction of sp³-hybridized carbons (Fsp3) is 0.615. The van der Waals surface area contributed by atoms with Crippen molar-refractivity contribution in [3.05, 3.63) is 24.0 Å². The van der Waals surface area contributed by atoms with Gasteiger partial charge in [-0.3, -0.25) is 4.98 Å². The lowest BCUT2D eigenvalue weighted by Crippen LogP contribution is -2.10. The Morgan fingerprint density at radius 3 is 2.88 bits per heavy atom. The molecule has 1 aromatic heterocycles. The van der Waals surface area contributed by atoms with E-state index in [-0.39, 0.29) is 6.04 Å². The summed E-state index contributed by atoms with van der Waals surface area (Å²) in [6.45, 7) is 2.87. The normalized spacial score (nSPS) is 17.1. The molecule has 1 atom stereocenters. The molecule has 0 radical (unpaired) electrons. The van der Waals surface area contributed by atoms with E-state index < -0.39 is 0 Å². The first-order valence-corrected chi connectivity index (χ1v) is 6.14. The molecule has 3 heteroatoms. The van der Waals surface area contributed by atoms with Crippen LogP contribution in [0.15, 0.2) is 18.3 Å². The molecule has 1 aliphatic rings. The summed E-state index contributed by atoms with van der Waals surface area (Å²) in [6.07, 6.45) is 6.63. The van der Waals surface area contributed by atoms with Crippen molar-refractivity contribution in [1.82, 2.24) is 4.98 Å². The molecule has 1 saturated carbocycles. The van der Waals surface area contributed by atoms with E-state index in [1.54, 1.807) is 6.20 Å². The van der Waals surface area contributed by atoms with Crippen LogP contribution in [0.4, 0.5) is 0 Å². The van der Waals surface area contributed by atoms with Crippen molar-refractivity contribution in [1.29, 1.82) is 0 Å². The van der Waals surface area contributed by atoms with Crippen molar-refractivity contribution in [2.24, 2.45) is 11.7 Å². The van der Waals surface area contributed by atoms with Crippen LogP contribution in [-0.2, 0) is 0 Å². The second-order valence-corrected chi connectivity index (χ2v) is 4.51. The number of rotatable bonds is 6. The van der Waals surface area contributed by atoms with Crippen molar-refractivity contribution in [3.63, 3.8) is 0 Å². The van der Waals surface area contributed by atoms with Gasteiger partial charge in [-0.25, -0.2) is 0 Å². The molecular weight excluding hydrogens is 200 g/mol. The monoisotopic (exact) mass is 220 g/mol. The van der Waals surface area contributed by atoms with Gasteiger partial charge >= 0.3 is 0 Å². The number of ether oxygens (including phenoxy) is 1. The molecule has 0 aromatic carbocycles. The summed E-state index contributed by atoms with van der Waals surface area (Å²) in [5.74, 6) is 1.77. The predicted octanol–water partition coefficient (Wildman–Crippen LogP) is 2.67. The Morgan fingerprint density at radius 2 is 2.31 bits per heavy atom. The minimum atomic E-state index is 0.0421. The summed E-state index contributed by atoms with van der Waals surface area (Å²) < 4.78 is 5.62. The molecule has 0 spiro atoms. The average molecular weight is 220 g/mol. The third-order valence-corrected chi connectivity index (χ3v) is 3.07. The number of hydrogen-bond acceptors (Lipinski definition) is 3. The van der Waals surface area contributed by atoms with Crippen molar-refractivity contribution < 1.29 is 4.74 Å². The zero-order valence-electron chi connectivity index (χ0n) is 9.86. The highest BCUT2D eigenvalue weighted by Crippen LogP contribution is 2.32. The minimum absolute atomic E-state index is 0.0421. The highest BCUT2D eigenvalue weighted by Gasteiger charge is 2.20. The van der Waals surface area contributed by atoms with Crippen LogP contribution in [0, 0.1) is 5.92 Å². The Hall–Kier alpha value is -1.09. The van der Waals surface area contributed by atoms with Crippen LogP contribution in [0.1, 0.15) is 44.3 Å². The van der Waals surface area contributed by atoms with Gasteiger partial charge in [0.05, 0.1) is 18.5 Å². The van der Waals surface area contributed by atoms with Crippen molar-refractivity contribution in [2.45, 2.75) is 38.6 Å². The third-order valence-electron chi connectivity index (χ3n) is 3.07. The zero-order chi connectivity index (χ0) is 11.4. The summed E-state index contributed by atoms with van der Waals surface area (Å²) in [5.41, 5.74) is 6.83.